The highest BCUT2D eigenvalue weighted by Crippen LogP contribution is 2.33. The van der Waals surface area contributed by atoms with E-state index in [0.29, 0.717) is 16.2 Å². The number of para-hydroxylation sites is 1. The summed E-state index contributed by atoms with van der Waals surface area (Å²) in [6, 6.07) is 10.1. The first kappa shape index (κ1) is 24.2. The number of hydrogen-bond donors (Lipinski definition) is 0. The van der Waals surface area contributed by atoms with Crippen LogP contribution in [0.3, 0.4) is 0 Å². The van der Waals surface area contributed by atoms with E-state index in [2.05, 4.69) is 52.0 Å². The first-order chi connectivity index (χ1) is 15.3. The van der Waals surface area contributed by atoms with Crippen molar-refractivity contribution in [3.63, 3.8) is 0 Å². The Hall–Kier alpha value is -2.45. The molecule has 0 spiro atoms. The molecule has 0 aliphatic rings. The highest BCUT2D eigenvalue weighted by atomic mass is 32.2. The molecule has 2 aromatic heterocycles. The third-order valence-corrected chi connectivity index (χ3v) is 6.47. The molecule has 0 unspecified atom stereocenters. The molecular formula is C24H29N5OS2. The molecule has 3 aromatic rings. The van der Waals surface area contributed by atoms with Crippen molar-refractivity contribution in [3.05, 3.63) is 64.2 Å². The Morgan fingerprint density at radius 1 is 0.812 bits per heavy atom. The summed E-state index contributed by atoms with van der Waals surface area (Å²) in [4.78, 5) is 33.4. The minimum atomic E-state index is -0.109. The molecule has 1 amide bonds. The lowest BCUT2D eigenvalue weighted by Crippen LogP contribution is -2.29. The summed E-state index contributed by atoms with van der Waals surface area (Å²) < 4.78 is 0. The first-order valence-electron chi connectivity index (χ1n) is 10.7. The zero-order chi connectivity index (χ0) is 23.3. The lowest BCUT2D eigenvalue weighted by Gasteiger charge is -2.26. The number of amides is 1. The number of thioether (sulfide) groups is 2. The minimum Gasteiger partial charge on any atom is -0.292 e. The molecule has 0 atom stereocenters. The molecule has 0 aliphatic carbocycles. The number of aromatic nitrogens is 4. The fourth-order valence-corrected chi connectivity index (χ4v) is 5.31. The zero-order valence-electron chi connectivity index (χ0n) is 19.5. The maximum absolute atomic E-state index is 13.6. The van der Waals surface area contributed by atoms with Gasteiger partial charge in [0.15, 0.2) is 10.3 Å². The van der Waals surface area contributed by atoms with Gasteiger partial charge in [-0.1, -0.05) is 43.8 Å². The van der Waals surface area contributed by atoms with Gasteiger partial charge in [-0.2, -0.15) is 0 Å². The van der Waals surface area contributed by atoms with Crippen molar-refractivity contribution >= 4 is 34.5 Å². The number of rotatable bonds is 7. The van der Waals surface area contributed by atoms with Crippen molar-refractivity contribution in [2.24, 2.45) is 0 Å². The van der Waals surface area contributed by atoms with Gasteiger partial charge in [0.25, 0.3) is 5.24 Å². The van der Waals surface area contributed by atoms with Gasteiger partial charge in [-0.25, -0.2) is 19.9 Å². The Morgan fingerprint density at radius 3 is 1.75 bits per heavy atom. The summed E-state index contributed by atoms with van der Waals surface area (Å²) >= 11 is 2.53. The maximum Gasteiger partial charge on any atom is 0.294 e. The van der Waals surface area contributed by atoms with Crippen molar-refractivity contribution in [1.29, 1.82) is 0 Å². The van der Waals surface area contributed by atoms with Gasteiger partial charge in [-0.3, -0.25) is 9.69 Å². The van der Waals surface area contributed by atoms with Crippen molar-refractivity contribution < 1.29 is 4.79 Å². The molecule has 0 fully saturated rings. The Bertz CT molecular complexity index is 1060. The Labute approximate surface area is 198 Å². The molecule has 1 aromatic carbocycles. The van der Waals surface area contributed by atoms with Crippen LogP contribution < -0.4 is 4.90 Å². The first-order valence-corrected chi connectivity index (χ1v) is 12.5. The van der Waals surface area contributed by atoms with Gasteiger partial charge >= 0.3 is 0 Å². The standard InChI is InChI=1S/C24H29N5OS2/c1-7-19-10-9-11-20(8-2)21(19)29(14-31-22-25-15(3)12-16(4)26-22)24(30)32-23-27-17(5)13-18(6)28-23/h9-13H,7-8,14H2,1-6H3. The Kier molecular flexibility index (Phi) is 8.26. The van der Waals surface area contributed by atoms with Crippen LogP contribution in [0.1, 0.15) is 47.8 Å². The van der Waals surface area contributed by atoms with Gasteiger partial charge < -0.3 is 0 Å². The van der Waals surface area contributed by atoms with Crippen LogP contribution >= 0.6 is 23.5 Å². The molecular weight excluding hydrogens is 438 g/mol. The summed E-state index contributed by atoms with van der Waals surface area (Å²) in [5.41, 5.74) is 6.78. The topological polar surface area (TPSA) is 71.9 Å². The summed E-state index contributed by atoms with van der Waals surface area (Å²) in [7, 11) is 0. The monoisotopic (exact) mass is 467 g/mol. The number of anilines is 1. The smallest absolute Gasteiger partial charge is 0.292 e. The molecule has 2 heterocycles. The molecule has 0 radical (unpaired) electrons. The Morgan fingerprint density at radius 2 is 1.28 bits per heavy atom. The van der Waals surface area contributed by atoms with Gasteiger partial charge in [-0.15, -0.1) is 0 Å². The molecule has 0 saturated carbocycles. The van der Waals surface area contributed by atoms with Crippen LogP contribution in [0.15, 0.2) is 40.6 Å². The van der Waals surface area contributed by atoms with Crippen LogP contribution in [-0.4, -0.2) is 31.1 Å². The summed E-state index contributed by atoms with van der Waals surface area (Å²) in [5, 5.41) is 1.03. The highest BCUT2D eigenvalue weighted by molar-refractivity contribution is 8.13. The maximum atomic E-state index is 13.6. The molecule has 0 aliphatic heterocycles. The number of carbonyl (C=O) groups is 1. The fraction of sp³-hybridized carbons (Fsp3) is 0.375. The highest BCUT2D eigenvalue weighted by Gasteiger charge is 2.24. The van der Waals surface area contributed by atoms with Crippen LogP contribution in [0, 0.1) is 27.7 Å². The van der Waals surface area contributed by atoms with Crippen LogP contribution in [0.2, 0.25) is 0 Å². The second kappa shape index (κ2) is 10.9. The quantitative estimate of drug-likeness (QED) is 0.236. The van der Waals surface area contributed by atoms with Crippen LogP contribution in [0.4, 0.5) is 10.5 Å². The number of hydrogen-bond acceptors (Lipinski definition) is 7. The Balaban J connectivity index is 1.98. The minimum absolute atomic E-state index is 0.109. The molecule has 8 heteroatoms. The lowest BCUT2D eigenvalue weighted by atomic mass is 10.0. The summed E-state index contributed by atoms with van der Waals surface area (Å²) in [6.45, 7) is 12.0. The van der Waals surface area contributed by atoms with Gasteiger partial charge in [0, 0.05) is 34.5 Å². The van der Waals surface area contributed by atoms with E-state index in [4.69, 9.17) is 0 Å². The van der Waals surface area contributed by atoms with Gasteiger partial charge in [-0.05, 0) is 63.8 Å². The summed E-state index contributed by atoms with van der Waals surface area (Å²) in [6.07, 6.45) is 1.67. The third kappa shape index (κ3) is 6.07. The molecule has 0 N–H and O–H groups in total. The van der Waals surface area contributed by atoms with E-state index in [-0.39, 0.29) is 5.24 Å². The van der Waals surface area contributed by atoms with Crippen molar-refractivity contribution in [2.75, 3.05) is 10.8 Å². The van der Waals surface area contributed by atoms with E-state index in [1.807, 2.05) is 44.7 Å². The lowest BCUT2D eigenvalue weighted by molar-refractivity contribution is 0.265. The van der Waals surface area contributed by atoms with Crippen LogP contribution in [-0.2, 0) is 12.8 Å². The predicted molar refractivity (Wildman–Crippen MR) is 133 cm³/mol. The average molecular weight is 468 g/mol. The van der Waals surface area contributed by atoms with Gasteiger partial charge in [0.2, 0.25) is 0 Å². The van der Waals surface area contributed by atoms with E-state index in [9.17, 15) is 4.79 Å². The van der Waals surface area contributed by atoms with Crippen molar-refractivity contribution in [3.8, 4) is 0 Å². The van der Waals surface area contributed by atoms with E-state index >= 15 is 0 Å². The van der Waals surface area contributed by atoms with Gasteiger partial charge in [0.1, 0.15) is 0 Å². The van der Waals surface area contributed by atoms with E-state index < -0.39 is 0 Å². The normalized spacial score (nSPS) is 10.9. The van der Waals surface area contributed by atoms with Crippen LogP contribution in [0.5, 0.6) is 0 Å². The van der Waals surface area contributed by atoms with Crippen molar-refractivity contribution in [1.82, 2.24) is 19.9 Å². The number of benzene rings is 1. The van der Waals surface area contributed by atoms with Crippen molar-refractivity contribution in [2.45, 2.75) is 64.7 Å². The predicted octanol–water partition coefficient (Wildman–Crippen LogP) is 6.09. The zero-order valence-corrected chi connectivity index (χ0v) is 21.1. The number of nitrogens with zero attached hydrogens (tertiary/aromatic N) is 5. The largest absolute Gasteiger partial charge is 0.294 e. The molecule has 3 rings (SSSR count). The van der Waals surface area contributed by atoms with Crippen LogP contribution in [0.25, 0.3) is 0 Å². The van der Waals surface area contributed by atoms with E-state index in [1.54, 1.807) is 0 Å². The second-order valence-electron chi connectivity index (χ2n) is 7.57. The van der Waals surface area contributed by atoms with Gasteiger partial charge in [0.05, 0.1) is 11.6 Å². The van der Waals surface area contributed by atoms with E-state index in [1.165, 1.54) is 11.8 Å². The molecule has 6 nitrogen and oxygen atoms in total. The average Bonchev–Trinajstić information content (AvgIpc) is 2.72. The number of aryl methyl sites for hydroxylation is 6. The number of carbonyl (C=O) groups excluding carboxylic acids is 1. The van der Waals surface area contributed by atoms with E-state index in [0.717, 1.165) is 64.2 Å². The molecule has 168 valence electrons. The molecule has 32 heavy (non-hydrogen) atoms. The fourth-order valence-electron chi connectivity index (χ4n) is 3.52. The third-order valence-electron chi connectivity index (χ3n) is 4.88. The second-order valence-corrected chi connectivity index (χ2v) is 9.40. The SMILES string of the molecule is CCc1cccc(CC)c1N(CSc1nc(C)cc(C)n1)C(=O)Sc1nc(C)cc(C)n1. The summed E-state index contributed by atoms with van der Waals surface area (Å²) in [5.74, 6) is 0.406. The molecule has 0 saturated heterocycles. The molecule has 0 bridgehead atoms.